The number of hydrogen-bond donors (Lipinski definition) is 2. The van der Waals surface area contributed by atoms with Gasteiger partial charge in [-0.05, 0) is 55.0 Å². The van der Waals surface area contributed by atoms with Crippen molar-refractivity contribution in [3.8, 4) is 17.2 Å². The number of ether oxygens (including phenoxy) is 2. The van der Waals surface area contributed by atoms with Gasteiger partial charge in [-0.2, -0.15) is 0 Å². The summed E-state index contributed by atoms with van der Waals surface area (Å²) in [6.07, 6.45) is 0. The molecular formula is C26H25Cl2N5O3S. The third-order valence-electron chi connectivity index (χ3n) is 5.19. The first-order chi connectivity index (χ1) is 18.0. The van der Waals surface area contributed by atoms with Crippen LogP contribution in [0.15, 0.2) is 71.9 Å². The molecule has 0 saturated heterocycles. The summed E-state index contributed by atoms with van der Waals surface area (Å²) in [6.45, 7) is 2.47. The predicted octanol–water partition coefficient (Wildman–Crippen LogP) is 6.60. The topological polar surface area (TPSA) is 90.3 Å². The van der Waals surface area contributed by atoms with Crippen molar-refractivity contribution in [2.45, 2.75) is 24.4 Å². The number of benzene rings is 3. The molecule has 2 N–H and O–H groups in total. The van der Waals surface area contributed by atoms with E-state index in [9.17, 15) is 4.79 Å². The molecule has 1 aromatic heterocycles. The molecule has 3 aromatic carbocycles. The lowest BCUT2D eigenvalue weighted by molar-refractivity contribution is 0.251. The second-order valence-electron chi connectivity index (χ2n) is 7.71. The second-order valence-corrected chi connectivity index (χ2v) is 9.49. The van der Waals surface area contributed by atoms with Crippen molar-refractivity contribution in [3.05, 3.63) is 88.2 Å². The number of thioether (sulfide) groups is 1. The minimum absolute atomic E-state index is 0.0954. The lowest BCUT2D eigenvalue weighted by Gasteiger charge is -2.14. The number of rotatable bonds is 10. The summed E-state index contributed by atoms with van der Waals surface area (Å²) in [4.78, 5) is 12.7. The maximum Gasteiger partial charge on any atom is 0.319 e. The highest BCUT2D eigenvalue weighted by atomic mass is 35.5. The Labute approximate surface area is 229 Å². The van der Waals surface area contributed by atoms with Crippen LogP contribution < -0.4 is 20.1 Å². The lowest BCUT2D eigenvalue weighted by Crippen LogP contribution is -2.29. The molecule has 1 heterocycles. The van der Waals surface area contributed by atoms with Crippen LogP contribution in [0.5, 0.6) is 11.5 Å². The third kappa shape index (κ3) is 6.88. The van der Waals surface area contributed by atoms with Gasteiger partial charge in [-0.15, -0.1) is 10.2 Å². The highest BCUT2D eigenvalue weighted by Crippen LogP contribution is 2.31. The molecule has 2 amide bonds. The molecule has 8 nitrogen and oxygen atoms in total. The minimum Gasteiger partial charge on any atom is -0.497 e. The smallest absolute Gasteiger partial charge is 0.319 e. The van der Waals surface area contributed by atoms with E-state index < -0.39 is 6.03 Å². The average Bonchev–Trinajstić information content (AvgIpc) is 3.31. The quantitative estimate of drug-likeness (QED) is 0.213. The van der Waals surface area contributed by atoms with E-state index in [1.807, 2.05) is 43.3 Å². The Morgan fingerprint density at radius 1 is 1.05 bits per heavy atom. The van der Waals surface area contributed by atoms with Crippen molar-refractivity contribution in [2.24, 2.45) is 0 Å². The van der Waals surface area contributed by atoms with E-state index in [4.69, 9.17) is 32.7 Å². The molecule has 0 aliphatic heterocycles. The molecule has 0 atom stereocenters. The van der Waals surface area contributed by atoms with Gasteiger partial charge < -0.3 is 20.1 Å². The van der Waals surface area contributed by atoms with Crippen molar-refractivity contribution >= 4 is 46.7 Å². The molecule has 0 saturated carbocycles. The number of nitrogens with zero attached hydrogens (tertiary/aromatic N) is 3. The molecule has 4 rings (SSSR count). The second kappa shape index (κ2) is 12.7. The predicted molar refractivity (Wildman–Crippen MR) is 147 cm³/mol. The Morgan fingerprint density at radius 2 is 1.89 bits per heavy atom. The van der Waals surface area contributed by atoms with Gasteiger partial charge in [0.2, 0.25) is 0 Å². The van der Waals surface area contributed by atoms with E-state index in [1.54, 1.807) is 42.0 Å². The number of hydrogen-bond acceptors (Lipinski definition) is 6. The van der Waals surface area contributed by atoms with E-state index in [0.717, 1.165) is 11.3 Å². The molecule has 192 valence electrons. The number of amides is 2. The minimum atomic E-state index is -0.413. The van der Waals surface area contributed by atoms with Crippen LogP contribution in [-0.4, -0.2) is 34.5 Å². The van der Waals surface area contributed by atoms with Gasteiger partial charge in [0.05, 0.1) is 36.7 Å². The highest BCUT2D eigenvalue weighted by Gasteiger charge is 2.18. The Hall–Kier alpha value is -3.40. The number of halogens is 2. The van der Waals surface area contributed by atoms with Crippen LogP contribution in [0.2, 0.25) is 10.0 Å². The van der Waals surface area contributed by atoms with Crippen molar-refractivity contribution in [2.75, 3.05) is 19.0 Å². The van der Waals surface area contributed by atoms with E-state index in [1.165, 1.54) is 11.8 Å². The van der Waals surface area contributed by atoms with Crippen molar-refractivity contribution < 1.29 is 14.3 Å². The fourth-order valence-corrected chi connectivity index (χ4v) is 4.77. The molecule has 4 aromatic rings. The van der Waals surface area contributed by atoms with Crippen LogP contribution in [0.25, 0.3) is 5.69 Å². The van der Waals surface area contributed by atoms with E-state index >= 15 is 0 Å². The van der Waals surface area contributed by atoms with Crippen LogP contribution in [-0.2, 0) is 12.3 Å². The Bertz CT molecular complexity index is 1380. The lowest BCUT2D eigenvalue weighted by atomic mass is 10.2. The maximum absolute atomic E-state index is 12.7. The monoisotopic (exact) mass is 557 g/mol. The van der Waals surface area contributed by atoms with Gasteiger partial charge in [-0.25, -0.2) is 4.79 Å². The first kappa shape index (κ1) is 26.7. The number of anilines is 1. The SMILES string of the molecule is CCOc1ccccc1NC(=O)NCc1nnc(SCc2cccc(OC)c2)n1-c1cc(Cl)ccc1Cl. The molecule has 37 heavy (non-hydrogen) atoms. The number of carbonyl (C=O) groups is 1. The summed E-state index contributed by atoms with van der Waals surface area (Å²) in [5.74, 6) is 2.48. The summed E-state index contributed by atoms with van der Waals surface area (Å²) < 4.78 is 12.7. The molecular weight excluding hydrogens is 533 g/mol. The first-order valence-electron chi connectivity index (χ1n) is 11.4. The van der Waals surface area contributed by atoms with Gasteiger partial charge >= 0.3 is 6.03 Å². The zero-order chi connectivity index (χ0) is 26.2. The zero-order valence-corrected chi connectivity index (χ0v) is 22.5. The van der Waals surface area contributed by atoms with E-state index in [-0.39, 0.29) is 6.54 Å². The normalized spacial score (nSPS) is 10.7. The molecule has 0 aliphatic rings. The van der Waals surface area contributed by atoms with Crippen molar-refractivity contribution in [1.82, 2.24) is 20.1 Å². The van der Waals surface area contributed by atoms with Gasteiger partial charge in [-0.3, -0.25) is 4.57 Å². The Balaban J connectivity index is 1.55. The Kier molecular flexibility index (Phi) is 9.16. The van der Waals surface area contributed by atoms with Crippen LogP contribution in [0.3, 0.4) is 0 Å². The van der Waals surface area contributed by atoms with Gasteiger partial charge in [0.15, 0.2) is 11.0 Å². The fraction of sp³-hybridized carbons (Fsp3) is 0.192. The van der Waals surface area contributed by atoms with Crippen molar-refractivity contribution in [3.63, 3.8) is 0 Å². The summed E-state index contributed by atoms with van der Waals surface area (Å²) >= 11 is 14.3. The van der Waals surface area contributed by atoms with Gasteiger partial charge in [0, 0.05) is 10.8 Å². The molecule has 11 heteroatoms. The number of methoxy groups -OCH3 is 1. The summed E-state index contributed by atoms with van der Waals surface area (Å²) in [6, 6.07) is 19.8. The standard InChI is InChI=1S/C26H25Cl2N5O3S/c1-3-36-23-10-5-4-9-21(23)30-25(34)29-15-24-31-32-26(33(24)22-14-18(27)11-12-20(22)28)37-16-17-7-6-8-19(13-17)35-2/h4-14H,3,15-16H2,1-2H3,(H2,29,30,34). The van der Waals surface area contributed by atoms with Crippen LogP contribution in [0, 0.1) is 0 Å². The number of para-hydroxylation sites is 2. The number of nitrogens with one attached hydrogen (secondary N) is 2. The molecule has 0 aliphatic carbocycles. The summed E-state index contributed by atoms with van der Waals surface area (Å²) in [5, 5.41) is 15.9. The number of aromatic nitrogens is 3. The fourth-order valence-electron chi connectivity index (χ4n) is 3.49. The summed E-state index contributed by atoms with van der Waals surface area (Å²) in [7, 11) is 1.63. The maximum atomic E-state index is 12.7. The largest absolute Gasteiger partial charge is 0.497 e. The van der Waals surface area contributed by atoms with Crippen molar-refractivity contribution in [1.29, 1.82) is 0 Å². The van der Waals surface area contributed by atoms with Crippen LogP contribution in [0.1, 0.15) is 18.3 Å². The van der Waals surface area contributed by atoms with Crippen LogP contribution in [0.4, 0.5) is 10.5 Å². The molecule has 0 spiro atoms. The van der Waals surface area contributed by atoms with Crippen LogP contribution >= 0.6 is 35.0 Å². The van der Waals surface area contributed by atoms with Gasteiger partial charge in [-0.1, -0.05) is 59.2 Å². The van der Waals surface area contributed by atoms with E-state index in [2.05, 4.69) is 20.8 Å². The zero-order valence-electron chi connectivity index (χ0n) is 20.2. The highest BCUT2D eigenvalue weighted by molar-refractivity contribution is 7.98. The van der Waals surface area contributed by atoms with Gasteiger partial charge in [0.1, 0.15) is 11.5 Å². The molecule has 0 radical (unpaired) electrons. The number of carbonyl (C=O) groups excluding carboxylic acids is 1. The van der Waals surface area contributed by atoms with Gasteiger partial charge in [0.25, 0.3) is 0 Å². The first-order valence-corrected chi connectivity index (χ1v) is 13.1. The Morgan fingerprint density at radius 3 is 2.70 bits per heavy atom. The molecule has 0 fully saturated rings. The molecule has 0 unspecified atom stereocenters. The summed E-state index contributed by atoms with van der Waals surface area (Å²) in [5.41, 5.74) is 2.24. The molecule has 0 bridgehead atoms. The average molecular weight is 558 g/mol. The van der Waals surface area contributed by atoms with E-state index in [0.29, 0.717) is 50.5 Å². The third-order valence-corrected chi connectivity index (χ3v) is 6.75. The number of urea groups is 1.